The predicted octanol–water partition coefficient (Wildman–Crippen LogP) is 4.35. The highest BCUT2D eigenvalue weighted by atomic mass is 35.5. The number of thiocarbonyl (C=S) groups is 1. The van der Waals surface area contributed by atoms with Crippen LogP contribution in [0.3, 0.4) is 0 Å². The third-order valence-electron chi connectivity index (χ3n) is 3.78. The third-order valence-corrected chi connectivity index (χ3v) is 4.36. The SMILES string of the molecule is Cc1ccc(-c2nc3ccc(Cl)cn3c2C(C)C(N)=S)cc1. The zero-order valence-corrected chi connectivity index (χ0v) is 13.9. The molecule has 0 bridgehead atoms. The molecule has 0 amide bonds. The van der Waals surface area contributed by atoms with Crippen LogP contribution in [-0.4, -0.2) is 14.4 Å². The average Bonchev–Trinajstić information content (AvgIpc) is 2.85. The first-order valence-electron chi connectivity index (χ1n) is 7.01. The van der Waals surface area contributed by atoms with Crippen molar-refractivity contribution in [1.82, 2.24) is 9.38 Å². The molecule has 1 atom stereocenters. The van der Waals surface area contributed by atoms with Crippen LogP contribution in [0, 0.1) is 6.92 Å². The van der Waals surface area contributed by atoms with Crippen LogP contribution in [0.2, 0.25) is 5.02 Å². The number of pyridine rings is 1. The van der Waals surface area contributed by atoms with E-state index in [2.05, 4.69) is 31.2 Å². The molecule has 0 aliphatic heterocycles. The lowest BCUT2D eigenvalue weighted by atomic mass is 10.0. The fourth-order valence-electron chi connectivity index (χ4n) is 2.51. The maximum absolute atomic E-state index is 6.14. The molecule has 0 spiro atoms. The van der Waals surface area contributed by atoms with Gasteiger partial charge >= 0.3 is 0 Å². The fourth-order valence-corrected chi connectivity index (χ4v) is 2.78. The van der Waals surface area contributed by atoms with Gasteiger partial charge in [-0.25, -0.2) is 4.98 Å². The quantitative estimate of drug-likeness (QED) is 0.726. The first-order valence-corrected chi connectivity index (χ1v) is 7.80. The summed E-state index contributed by atoms with van der Waals surface area (Å²) in [7, 11) is 0. The van der Waals surface area contributed by atoms with Gasteiger partial charge in [0, 0.05) is 17.7 Å². The lowest BCUT2D eigenvalue weighted by molar-refractivity contribution is 0.930. The normalized spacial score (nSPS) is 12.5. The Morgan fingerprint density at radius 2 is 1.91 bits per heavy atom. The van der Waals surface area contributed by atoms with Crippen molar-refractivity contribution < 1.29 is 0 Å². The van der Waals surface area contributed by atoms with Crippen LogP contribution < -0.4 is 5.73 Å². The number of fused-ring (bicyclic) bond motifs is 1. The molecule has 0 saturated heterocycles. The Hall–Kier alpha value is -1.91. The summed E-state index contributed by atoms with van der Waals surface area (Å²) in [6.07, 6.45) is 1.85. The maximum atomic E-state index is 6.14. The van der Waals surface area contributed by atoms with Crippen molar-refractivity contribution in [3.05, 3.63) is 58.9 Å². The van der Waals surface area contributed by atoms with Gasteiger partial charge in [0.15, 0.2) is 0 Å². The molecule has 3 nitrogen and oxygen atoms in total. The largest absolute Gasteiger partial charge is 0.393 e. The number of halogens is 1. The zero-order chi connectivity index (χ0) is 15.9. The summed E-state index contributed by atoms with van der Waals surface area (Å²) in [5, 5.41) is 0.650. The Kier molecular flexibility index (Phi) is 3.89. The van der Waals surface area contributed by atoms with Crippen LogP contribution in [-0.2, 0) is 0 Å². The molecule has 0 radical (unpaired) electrons. The summed E-state index contributed by atoms with van der Waals surface area (Å²) in [4.78, 5) is 5.19. The Bertz CT molecular complexity index is 852. The van der Waals surface area contributed by atoms with E-state index in [4.69, 9.17) is 34.5 Å². The van der Waals surface area contributed by atoms with Gasteiger partial charge in [0.1, 0.15) is 5.65 Å². The summed E-state index contributed by atoms with van der Waals surface area (Å²) in [5.74, 6) is -0.0974. The van der Waals surface area contributed by atoms with Crippen molar-refractivity contribution in [3.8, 4) is 11.3 Å². The number of nitrogens with zero attached hydrogens (tertiary/aromatic N) is 2. The van der Waals surface area contributed by atoms with Crippen LogP contribution in [0.25, 0.3) is 16.9 Å². The molecule has 5 heteroatoms. The van der Waals surface area contributed by atoms with E-state index < -0.39 is 0 Å². The summed E-state index contributed by atoms with van der Waals surface area (Å²) in [5.41, 5.74) is 10.8. The highest BCUT2D eigenvalue weighted by molar-refractivity contribution is 7.80. The molecular formula is C17H16ClN3S. The van der Waals surface area contributed by atoms with Gasteiger partial charge in [0.05, 0.1) is 21.4 Å². The van der Waals surface area contributed by atoms with E-state index in [1.165, 1.54) is 5.56 Å². The van der Waals surface area contributed by atoms with Gasteiger partial charge in [-0.2, -0.15) is 0 Å². The van der Waals surface area contributed by atoms with Crippen LogP contribution in [0.5, 0.6) is 0 Å². The second-order valence-electron chi connectivity index (χ2n) is 5.41. The Balaban J connectivity index is 2.31. The molecule has 2 aromatic heterocycles. The van der Waals surface area contributed by atoms with Gasteiger partial charge in [-0.15, -0.1) is 0 Å². The smallest absolute Gasteiger partial charge is 0.137 e. The van der Waals surface area contributed by atoms with Crippen molar-refractivity contribution in [2.45, 2.75) is 19.8 Å². The molecule has 0 aliphatic carbocycles. The van der Waals surface area contributed by atoms with Gasteiger partial charge in [-0.1, -0.05) is 60.6 Å². The van der Waals surface area contributed by atoms with E-state index >= 15 is 0 Å². The fraction of sp³-hybridized carbons (Fsp3) is 0.176. The summed E-state index contributed by atoms with van der Waals surface area (Å²) in [6, 6.07) is 12.0. The van der Waals surface area contributed by atoms with E-state index in [0.29, 0.717) is 10.0 Å². The summed E-state index contributed by atoms with van der Waals surface area (Å²) < 4.78 is 1.97. The van der Waals surface area contributed by atoms with Crippen molar-refractivity contribution in [2.75, 3.05) is 0 Å². The van der Waals surface area contributed by atoms with Gasteiger partial charge in [-0.05, 0) is 19.1 Å². The van der Waals surface area contributed by atoms with E-state index in [1.807, 2.05) is 29.7 Å². The Morgan fingerprint density at radius 3 is 2.55 bits per heavy atom. The number of aromatic nitrogens is 2. The van der Waals surface area contributed by atoms with Crippen molar-refractivity contribution in [3.63, 3.8) is 0 Å². The first kappa shape index (κ1) is 15.0. The van der Waals surface area contributed by atoms with E-state index in [9.17, 15) is 0 Å². The number of hydrogen-bond acceptors (Lipinski definition) is 2. The highest BCUT2D eigenvalue weighted by Crippen LogP contribution is 2.31. The number of hydrogen-bond donors (Lipinski definition) is 1. The molecule has 22 heavy (non-hydrogen) atoms. The molecule has 0 saturated carbocycles. The molecule has 2 heterocycles. The molecule has 112 valence electrons. The van der Waals surface area contributed by atoms with Crippen LogP contribution in [0.15, 0.2) is 42.6 Å². The van der Waals surface area contributed by atoms with E-state index in [1.54, 1.807) is 0 Å². The summed E-state index contributed by atoms with van der Waals surface area (Å²) >= 11 is 11.3. The van der Waals surface area contributed by atoms with Crippen molar-refractivity contribution in [1.29, 1.82) is 0 Å². The molecule has 3 rings (SSSR count). The standard InChI is InChI=1S/C17H16ClN3S/c1-10-3-5-12(6-4-10)15-16(11(2)17(19)22)21-9-13(18)7-8-14(21)20-15/h3-9,11H,1-2H3,(H2,19,22). The topological polar surface area (TPSA) is 43.3 Å². The highest BCUT2D eigenvalue weighted by Gasteiger charge is 2.21. The van der Waals surface area contributed by atoms with E-state index in [0.717, 1.165) is 22.6 Å². The minimum atomic E-state index is -0.0974. The molecule has 1 unspecified atom stereocenters. The lowest BCUT2D eigenvalue weighted by Gasteiger charge is -2.12. The van der Waals surface area contributed by atoms with Crippen LogP contribution in [0.4, 0.5) is 0 Å². The minimum Gasteiger partial charge on any atom is -0.393 e. The number of imidazole rings is 1. The average molecular weight is 330 g/mol. The Morgan fingerprint density at radius 1 is 1.23 bits per heavy atom. The minimum absolute atomic E-state index is 0.0974. The molecule has 0 fully saturated rings. The summed E-state index contributed by atoms with van der Waals surface area (Å²) in [6.45, 7) is 4.05. The van der Waals surface area contributed by atoms with Crippen molar-refractivity contribution >= 4 is 34.5 Å². The maximum Gasteiger partial charge on any atom is 0.137 e. The van der Waals surface area contributed by atoms with Gasteiger partial charge in [0.2, 0.25) is 0 Å². The van der Waals surface area contributed by atoms with Gasteiger partial charge in [-0.3, -0.25) is 0 Å². The number of nitrogens with two attached hydrogens (primary N) is 1. The van der Waals surface area contributed by atoms with Crippen molar-refractivity contribution in [2.24, 2.45) is 5.73 Å². The molecule has 0 aliphatic rings. The Labute approximate surface area is 139 Å². The molecule has 2 N–H and O–H groups in total. The molecular weight excluding hydrogens is 314 g/mol. The zero-order valence-electron chi connectivity index (χ0n) is 12.4. The van der Waals surface area contributed by atoms with Crippen LogP contribution in [0.1, 0.15) is 24.1 Å². The second kappa shape index (κ2) is 5.71. The monoisotopic (exact) mass is 329 g/mol. The van der Waals surface area contributed by atoms with Gasteiger partial charge in [0.25, 0.3) is 0 Å². The number of benzene rings is 1. The number of aryl methyl sites for hydroxylation is 1. The molecule has 1 aromatic carbocycles. The van der Waals surface area contributed by atoms with E-state index in [-0.39, 0.29) is 5.92 Å². The lowest BCUT2D eigenvalue weighted by Crippen LogP contribution is -2.18. The predicted molar refractivity (Wildman–Crippen MR) is 95.6 cm³/mol. The molecule has 3 aromatic rings. The second-order valence-corrected chi connectivity index (χ2v) is 6.32. The third kappa shape index (κ3) is 2.60. The number of rotatable bonds is 3. The first-order chi connectivity index (χ1) is 10.5. The van der Waals surface area contributed by atoms with Crippen LogP contribution >= 0.6 is 23.8 Å². The van der Waals surface area contributed by atoms with Gasteiger partial charge < -0.3 is 10.1 Å².